The fourth-order valence-corrected chi connectivity index (χ4v) is 2.80. The molecule has 1 aliphatic rings. The van der Waals surface area contributed by atoms with Crippen LogP contribution >= 0.6 is 0 Å². The van der Waals surface area contributed by atoms with Crippen LogP contribution in [0.2, 0.25) is 0 Å². The molecule has 130 valence electrons. The molecule has 4 heterocycles. The second-order valence-electron chi connectivity index (χ2n) is 5.77. The van der Waals surface area contributed by atoms with E-state index in [4.69, 9.17) is 0 Å². The van der Waals surface area contributed by atoms with Gasteiger partial charge in [-0.15, -0.1) is 0 Å². The van der Waals surface area contributed by atoms with E-state index in [1.807, 2.05) is 4.90 Å². The maximum atomic E-state index is 12.9. The number of β-amino-alcohol motifs (C(OH)–C–C–N with tert-alkyl or cyclic N) is 1. The number of anilines is 1. The van der Waals surface area contributed by atoms with Crippen molar-refractivity contribution in [3.8, 4) is 11.5 Å². The van der Waals surface area contributed by atoms with Crippen LogP contribution in [0.15, 0.2) is 30.9 Å². The minimum atomic E-state index is -4.55. The number of aliphatic hydroxyl groups is 1. The molecule has 7 nitrogen and oxygen atoms in total. The highest BCUT2D eigenvalue weighted by Crippen LogP contribution is 2.29. The average molecular weight is 350 g/mol. The molecule has 0 radical (unpaired) electrons. The molecule has 1 N–H and O–H groups in total. The average Bonchev–Trinajstić information content (AvgIpc) is 3.20. The smallest absolute Gasteiger partial charge is 0.391 e. The van der Waals surface area contributed by atoms with Gasteiger partial charge >= 0.3 is 6.18 Å². The van der Waals surface area contributed by atoms with Gasteiger partial charge in [0.2, 0.25) is 0 Å². The van der Waals surface area contributed by atoms with Gasteiger partial charge in [0.15, 0.2) is 17.2 Å². The van der Waals surface area contributed by atoms with Crippen molar-refractivity contribution in [2.24, 2.45) is 0 Å². The molecule has 1 atom stereocenters. The number of rotatable bonds is 2. The predicted octanol–water partition coefficient (Wildman–Crippen LogP) is 1.78. The maximum absolute atomic E-state index is 12.9. The molecule has 0 amide bonds. The van der Waals surface area contributed by atoms with Gasteiger partial charge in [-0.05, 0) is 12.5 Å². The molecule has 1 aliphatic heterocycles. The Morgan fingerprint density at radius 3 is 2.72 bits per heavy atom. The Morgan fingerprint density at radius 2 is 2.00 bits per heavy atom. The van der Waals surface area contributed by atoms with E-state index in [9.17, 15) is 18.3 Å². The minimum Gasteiger partial charge on any atom is -0.391 e. The summed E-state index contributed by atoms with van der Waals surface area (Å²) in [6, 6.07) is 1.70. The van der Waals surface area contributed by atoms with Crippen LogP contribution in [0, 0.1) is 0 Å². The number of aliphatic hydroxyl groups excluding tert-OH is 1. The van der Waals surface area contributed by atoms with Crippen LogP contribution in [0.1, 0.15) is 12.1 Å². The number of aromatic nitrogens is 5. The quantitative estimate of drug-likeness (QED) is 0.759. The van der Waals surface area contributed by atoms with Crippen molar-refractivity contribution >= 4 is 11.5 Å². The number of hydrogen-bond acceptors (Lipinski definition) is 6. The molecule has 3 aromatic rings. The molecule has 1 saturated heterocycles. The van der Waals surface area contributed by atoms with Crippen molar-refractivity contribution in [3.05, 3.63) is 36.5 Å². The Bertz CT molecular complexity index is 925. The van der Waals surface area contributed by atoms with Crippen LogP contribution in [0.25, 0.3) is 17.2 Å². The van der Waals surface area contributed by atoms with E-state index in [0.717, 1.165) is 12.4 Å². The van der Waals surface area contributed by atoms with Gasteiger partial charge in [0.25, 0.3) is 0 Å². The van der Waals surface area contributed by atoms with E-state index in [-0.39, 0.29) is 11.5 Å². The summed E-state index contributed by atoms with van der Waals surface area (Å²) in [5, 5.41) is 9.65. The first-order valence-electron chi connectivity index (χ1n) is 7.58. The molecule has 1 unspecified atom stereocenters. The Balaban J connectivity index is 1.77. The van der Waals surface area contributed by atoms with Gasteiger partial charge in [0.1, 0.15) is 11.5 Å². The van der Waals surface area contributed by atoms with Crippen LogP contribution in [0.4, 0.5) is 19.0 Å². The summed E-state index contributed by atoms with van der Waals surface area (Å²) >= 11 is 0. The van der Waals surface area contributed by atoms with Crippen molar-refractivity contribution in [3.63, 3.8) is 0 Å². The van der Waals surface area contributed by atoms with Crippen molar-refractivity contribution in [1.82, 2.24) is 24.3 Å². The van der Waals surface area contributed by atoms with Gasteiger partial charge < -0.3 is 10.0 Å². The number of nitrogens with zero attached hydrogens (tertiary/aromatic N) is 6. The second-order valence-corrected chi connectivity index (χ2v) is 5.77. The number of halogens is 3. The largest absolute Gasteiger partial charge is 0.434 e. The summed E-state index contributed by atoms with van der Waals surface area (Å²) < 4.78 is 40.0. The highest BCUT2D eigenvalue weighted by Gasteiger charge is 2.33. The SMILES string of the molecule is OC1CCN(c2ccnc(-c3cnc4cnc(C(F)(F)F)cn34)n2)C1. The van der Waals surface area contributed by atoms with E-state index in [2.05, 4.69) is 19.9 Å². The monoisotopic (exact) mass is 350 g/mol. The Morgan fingerprint density at radius 1 is 1.16 bits per heavy atom. The Labute approximate surface area is 139 Å². The van der Waals surface area contributed by atoms with E-state index in [1.54, 1.807) is 6.07 Å². The van der Waals surface area contributed by atoms with Gasteiger partial charge in [-0.1, -0.05) is 0 Å². The summed E-state index contributed by atoms with van der Waals surface area (Å²) in [7, 11) is 0. The summed E-state index contributed by atoms with van der Waals surface area (Å²) in [5.41, 5.74) is -0.406. The maximum Gasteiger partial charge on any atom is 0.434 e. The minimum absolute atomic E-state index is 0.255. The molecule has 25 heavy (non-hydrogen) atoms. The van der Waals surface area contributed by atoms with Crippen LogP contribution < -0.4 is 4.90 Å². The second kappa shape index (κ2) is 5.66. The zero-order chi connectivity index (χ0) is 17.6. The number of hydrogen-bond donors (Lipinski definition) is 1. The molecule has 4 rings (SSSR count). The van der Waals surface area contributed by atoms with Crippen molar-refractivity contribution in [2.45, 2.75) is 18.7 Å². The van der Waals surface area contributed by atoms with Gasteiger partial charge in [0, 0.05) is 25.5 Å². The first kappa shape index (κ1) is 15.8. The lowest BCUT2D eigenvalue weighted by Crippen LogP contribution is -2.22. The van der Waals surface area contributed by atoms with E-state index < -0.39 is 18.0 Å². The number of imidazole rings is 1. The zero-order valence-electron chi connectivity index (χ0n) is 12.8. The Hall–Kier alpha value is -2.75. The van der Waals surface area contributed by atoms with Gasteiger partial charge in [-0.25, -0.2) is 19.9 Å². The van der Waals surface area contributed by atoms with Crippen LogP contribution in [-0.2, 0) is 6.18 Å². The standard InChI is InChI=1S/C15H13F3N6O/c16-15(17,18)11-8-24-10(5-21-13(24)6-20-11)14-19-3-1-12(22-14)23-4-2-9(25)7-23/h1,3,5-6,8-9,25H,2,4,7H2. The third-order valence-electron chi connectivity index (χ3n) is 4.04. The van der Waals surface area contributed by atoms with E-state index in [0.29, 0.717) is 31.0 Å². The van der Waals surface area contributed by atoms with E-state index in [1.165, 1.54) is 16.8 Å². The van der Waals surface area contributed by atoms with Gasteiger partial charge in [-0.2, -0.15) is 13.2 Å². The molecule has 0 bridgehead atoms. The number of fused-ring (bicyclic) bond motifs is 1. The third-order valence-corrected chi connectivity index (χ3v) is 4.04. The zero-order valence-corrected chi connectivity index (χ0v) is 12.8. The molecule has 3 aromatic heterocycles. The molecular weight excluding hydrogens is 337 g/mol. The summed E-state index contributed by atoms with van der Waals surface area (Å²) in [6.07, 6.45) is 0.581. The highest BCUT2D eigenvalue weighted by molar-refractivity contribution is 5.58. The molecule has 0 saturated carbocycles. The fraction of sp³-hybridized carbons (Fsp3) is 0.333. The predicted molar refractivity (Wildman–Crippen MR) is 81.9 cm³/mol. The molecule has 10 heteroatoms. The fourth-order valence-electron chi connectivity index (χ4n) is 2.80. The van der Waals surface area contributed by atoms with Gasteiger partial charge in [-0.3, -0.25) is 4.40 Å². The topological polar surface area (TPSA) is 79.4 Å². The lowest BCUT2D eigenvalue weighted by atomic mass is 10.3. The molecule has 0 aliphatic carbocycles. The van der Waals surface area contributed by atoms with Crippen molar-refractivity contribution in [2.75, 3.05) is 18.0 Å². The summed E-state index contributed by atoms with van der Waals surface area (Å²) in [6.45, 7) is 1.12. The first-order chi connectivity index (χ1) is 11.9. The van der Waals surface area contributed by atoms with Crippen molar-refractivity contribution in [1.29, 1.82) is 0 Å². The van der Waals surface area contributed by atoms with Crippen molar-refractivity contribution < 1.29 is 18.3 Å². The summed E-state index contributed by atoms with van der Waals surface area (Å²) in [5.74, 6) is 0.868. The lowest BCUT2D eigenvalue weighted by Gasteiger charge is -2.16. The molecule has 0 spiro atoms. The molecule has 0 aromatic carbocycles. The Kier molecular flexibility index (Phi) is 3.57. The van der Waals surface area contributed by atoms with Crippen LogP contribution in [-0.4, -0.2) is 48.6 Å². The van der Waals surface area contributed by atoms with Crippen LogP contribution in [0.3, 0.4) is 0 Å². The third kappa shape index (κ3) is 2.88. The lowest BCUT2D eigenvalue weighted by molar-refractivity contribution is -0.141. The first-order valence-corrected chi connectivity index (χ1v) is 7.58. The highest BCUT2D eigenvalue weighted by atomic mass is 19.4. The normalized spacial score (nSPS) is 18.2. The molecule has 1 fully saturated rings. The van der Waals surface area contributed by atoms with Gasteiger partial charge in [0.05, 0.1) is 18.5 Å². The summed E-state index contributed by atoms with van der Waals surface area (Å²) in [4.78, 5) is 17.9. The van der Waals surface area contributed by atoms with Crippen LogP contribution in [0.5, 0.6) is 0 Å². The van der Waals surface area contributed by atoms with E-state index >= 15 is 0 Å². The molecular formula is C15H13F3N6O. The number of alkyl halides is 3.